The lowest BCUT2D eigenvalue weighted by molar-refractivity contribution is -0.137. The molecule has 1 fully saturated rings. The van der Waals surface area contributed by atoms with E-state index in [0.717, 1.165) is 73.9 Å². The van der Waals surface area contributed by atoms with Gasteiger partial charge in [0.05, 0.1) is 19.5 Å². The Morgan fingerprint density at radius 1 is 0.940 bits per heavy atom. The maximum Gasteiger partial charge on any atom is 0.481 e. The second-order valence-electron chi connectivity index (χ2n) is 16.6. The largest absolute Gasteiger partial charge is 0.481 e. The number of nitrogen functional groups attached to an aromatic ring is 1. The minimum atomic E-state index is -5.58. The third-order valence-electron chi connectivity index (χ3n) is 10.4. The summed E-state index contributed by atoms with van der Waals surface area (Å²) in [4.78, 5) is 88.3. The summed E-state index contributed by atoms with van der Waals surface area (Å²) in [6, 6.07) is 0. The SMILES string of the molecule is CCCCCCCC/C=C\CCCCCCC[14C](=O)SCCNC(=O)CCNC(=O)[C@H](O)C(C)(C)COP(=O)(O)OP(=O)(O)OC[C@H]1O[C@@H](n2cnc3c(N)ncnc32)[C@H](O)[C@@H]1OP(=O)(O)O. The van der Waals surface area contributed by atoms with E-state index < -0.39 is 84.6 Å². The van der Waals surface area contributed by atoms with Crippen molar-refractivity contribution >= 4 is 69.1 Å². The summed E-state index contributed by atoms with van der Waals surface area (Å²) in [5.74, 6) is -1.03. The number of carbonyl (C=O) groups excluding carboxylic acids is 3. The number of imidazole rings is 1. The average Bonchev–Trinajstić information content (AvgIpc) is 3.81. The van der Waals surface area contributed by atoms with E-state index in [2.05, 4.69) is 53.5 Å². The van der Waals surface area contributed by atoms with Crippen LogP contribution in [0.3, 0.4) is 0 Å². The van der Waals surface area contributed by atoms with Gasteiger partial charge < -0.3 is 50.9 Å². The van der Waals surface area contributed by atoms with Gasteiger partial charge in [-0.3, -0.25) is 32.5 Å². The van der Waals surface area contributed by atoms with Crippen LogP contribution in [0.4, 0.5) is 5.82 Å². The second kappa shape index (κ2) is 28.8. The number of aliphatic hydroxyl groups is 2. The predicted octanol–water partition coefficient (Wildman–Crippen LogP) is 4.70. The van der Waals surface area contributed by atoms with E-state index in [9.17, 15) is 57.9 Å². The van der Waals surface area contributed by atoms with E-state index >= 15 is 0 Å². The number of allylic oxidation sites excluding steroid dienone is 2. The van der Waals surface area contributed by atoms with Crippen molar-refractivity contribution in [3.05, 3.63) is 24.8 Å². The van der Waals surface area contributed by atoms with Gasteiger partial charge in [0, 0.05) is 37.1 Å². The standard InChI is InChI=1S/C39H68N7O17P3S/c1-4-5-6-7-8-9-10-11-12-13-14-15-16-17-18-19-30(48)67-23-22-41-29(47)20-21-42-37(51)34(50)39(2,3)25-60-66(57,58)63-65(55,56)59-24-28-33(62-64(52,53)54)32(49)38(61-28)46-27-45-31-35(40)43-26-44-36(31)46/h11-12,26-28,32-34,38,49-50H,4-10,13-25H2,1-3H3,(H,41,47)(H,42,51)(H,55,56)(H,57,58)(H2,40,43,44)(H2,52,53,54)/b12-11-/t28-,32-,33-,34+,38-/m1/s1/i30+2. The molecule has 0 aliphatic carbocycles. The number of thioether (sulfide) groups is 1. The molecule has 24 nitrogen and oxygen atoms in total. The summed E-state index contributed by atoms with van der Waals surface area (Å²) >= 11 is 1.15. The van der Waals surface area contributed by atoms with Crippen LogP contribution in [0.1, 0.15) is 123 Å². The van der Waals surface area contributed by atoms with Crippen LogP contribution in [0.2, 0.25) is 0 Å². The molecule has 67 heavy (non-hydrogen) atoms. The lowest BCUT2D eigenvalue weighted by Gasteiger charge is -2.30. The average molecular weight is 1030 g/mol. The number of ether oxygens (including phenoxy) is 1. The Morgan fingerprint density at radius 2 is 1.57 bits per heavy atom. The molecule has 1 aliphatic rings. The van der Waals surface area contributed by atoms with Crippen molar-refractivity contribution in [2.45, 2.75) is 148 Å². The van der Waals surface area contributed by atoms with Gasteiger partial charge in [0.25, 0.3) is 0 Å². The number of anilines is 1. The summed E-state index contributed by atoms with van der Waals surface area (Å²) in [5.41, 5.74) is 4.29. The zero-order valence-corrected chi connectivity index (χ0v) is 41.6. The van der Waals surface area contributed by atoms with Gasteiger partial charge in [-0.2, -0.15) is 4.31 Å². The number of hydrogen-bond donors (Lipinski definition) is 9. The number of rotatable bonds is 34. The summed E-state index contributed by atoms with van der Waals surface area (Å²) in [7, 11) is -16.4. The normalized spacial score (nSPS) is 20.2. The van der Waals surface area contributed by atoms with Gasteiger partial charge in [0.15, 0.2) is 22.8 Å². The monoisotopic (exact) mass is 1030 g/mol. The highest BCUT2D eigenvalue weighted by Crippen LogP contribution is 2.61. The fourth-order valence-corrected chi connectivity index (χ4v) is 10.3. The lowest BCUT2D eigenvalue weighted by atomic mass is 9.87. The Bertz CT molecular complexity index is 2040. The van der Waals surface area contributed by atoms with E-state index in [1.807, 2.05) is 0 Å². The van der Waals surface area contributed by atoms with E-state index in [-0.39, 0.29) is 41.6 Å². The maximum absolute atomic E-state index is 12.7. The molecule has 2 aromatic heterocycles. The molecule has 0 saturated carbocycles. The van der Waals surface area contributed by atoms with Crippen LogP contribution in [0.25, 0.3) is 11.2 Å². The van der Waals surface area contributed by atoms with E-state index in [0.29, 0.717) is 12.2 Å². The summed E-state index contributed by atoms with van der Waals surface area (Å²) in [5, 5.41) is 26.7. The topological polar surface area (TPSA) is 364 Å². The van der Waals surface area contributed by atoms with Crippen molar-refractivity contribution < 1.29 is 80.5 Å². The Labute approximate surface area is 394 Å². The van der Waals surface area contributed by atoms with E-state index in [4.69, 9.17) is 19.5 Å². The van der Waals surface area contributed by atoms with Gasteiger partial charge in [0.1, 0.15) is 36.3 Å². The first kappa shape index (κ1) is 58.6. The molecule has 0 spiro atoms. The van der Waals surface area contributed by atoms with Crippen LogP contribution in [0.5, 0.6) is 0 Å². The Hall–Kier alpha value is -2.70. The first-order chi connectivity index (χ1) is 31.6. The van der Waals surface area contributed by atoms with Crippen LogP contribution in [-0.2, 0) is 50.7 Å². The molecule has 1 aliphatic heterocycles. The Balaban J connectivity index is 1.30. The number of unbranched alkanes of at least 4 members (excludes halogenated alkanes) is 11. The molecule has 2 aromatic rings. The number of fused-ring (bicyclic) bond motifs is 1. The van der Waals surface area contributed by atoms with Gasteiger partial charge in [0.2, 0.25) is 11.8 Å². The molecule has 0 bridgehead atoms. The van der Waals surface area contributed by atoms with Crippen LogP contribution in [-0.4, -0.2) is 123 Å². The van der Waals surface area contributed by atoms with Crippen molar-refractivity contribution in [1.29, 1.82) is 0 Å². The lowest BCUT2D eigenvalue weighted by Crippen LogP contribution is -2.46. The molecule has 2 unspecified atom stereocenters. The number of amides is 2. The van der Waals surface area contributed by atoms with Crippen molar-refractivity contribution in [3.63, 3.8) is 0 Å². The fourth-order valence-electron chi connectivity index (χ4n) is 6.71. The summed E-state index contributed by atoms with van der Waals surface area (Å²) in [6.07, 6.45) is 13.5. The maximum atomic E-state index is 12.7. The van der Waals surface area contributed by atoms with Crippen LogP contribution in [0.15, 0.2) is 24.8 Å². The third-order valence-corrected chi connectivity index (χ3v) is 14.4. The Kier molecular flexibility index (Phi) is 25.2. The quantitative estimate of drug-likeness (QED) is 0.0260. The van der Waals surface area contributed by atoms with Crippen molar-refractivity contribution in [1.82, 2.24) is 30.2 Å². The van der Waals surface area contributed by atoms with Crippen molar-refractivity contribution in [2.24, 2.45) is 5.41 Å². The first-order valence-corrected chi connectivity index (χ1v) is 27.8. The van der Waals surface area contributed by atoms with Crippen LogP contribution < -0.4 is 16.4 Å². The number of aromatic nitrogens is 4. The number of phosphoric acid groups is 3. The molecule has 7 atom stereocenters. The molecular formula is C39H68N7O17P3S. The second-order valence-corrected chi connectivity index (χ2v) is 22.0. The summed E-state index contributed by atoms with van der Waals surface area (Å²) < 4.78 is 62.4. The van der Waals surface area contributed by atoms with Gasteiger partial charge >= 0.3 is 23.5 Å². The van der Waals surface area contributed by atoms with Crippen molar-refractivity contribution in [2.75, 3.05) is 37.8 Å². The highest BCUT2D eigenvalue weighted by Gasteiger charge is 2.50. The van der Waals surface area contributed by atoms with Crippen molar-refractivity contribution in [3.8, 4) is 0 Å². The summed E-state index contributed by atoms with van der Waals surface area (Å²) in [6.45, 7) is 2.79. The molecule has 382 valence electrons. The van der Waals surface area contributed by atoms with Gasteiger partial charge in [-0.25, -0.2) is 28.6 Å². The number of nitrogens with zero attached hydrogens (tertiary/aromatic N) is 4. The highest BCUT2D eigenvalue weighted by atomic mass is 32.2. The number of hydrogen-bond acceptors (Lipinski definition) is 18. The van der Waals surface area contributed by atoms with Gasteiger partial charge in [-0.1, -0.05) is 96.1 Å². The smallest absolute Gasteiger partial charge is 0.386 e. The number of nitrogens with one attached hydrogen (secondary N) is 2. The van der Waals surface area contributed by atoms with E-state index in [1.54, 1.807) is 0 Å². The molecule has 1 saturated heterocycles. The molecule has 28 heteroatoms. The molecular weight excluding hydrogens is 965 g/mol. The van der Waals surface area contributed by atoms with E-state index in [1.165, 1.54) is 52.4 Å². The third kappa shape index (κ3) is 21.9. The minimum absolute atomic E-state index is 0.0331. The number of aliphatic hydroxyl groups excluding tert-OH is 2. The zero-order chi connectivity index (χ0) is 49.7. The number of nitrogens with two attached hydrogens (primary N) is 1. The molecule has 3 rings (SSSR count). The van der Waals surface area contributed by atoms with Crippen LogP contribution in [0, 0.1) is 5.41 Å². The Morgan fingerprint density at radius 3 is 2.22 bits per heavy atom. The number of carbonyl (C=O) groups is 3. The highest BCUT2D eigenvalue weighted by molar-refractivity contribution is 8.13. The zero-order valence-electron chi connectivity index (χ0n) is 38.1. The van der Waals surface area contributed by atoms with Crippen LogP contribution >= 0.6 is 35.2 Å². The molecule has 0 aromatic carbocycles. The number of phosphoric ester groups is 3. The predicted molar refractivity (Wildman–Crippen MR) is 247 cm³/mol. The molecule has 0 radical (unpaired) electrons. The minimum Gasteiger partial charge on any atom is -0.386 e. The van der Waals surface area contributed by atoms with Gasteiger partial charge in [-0.05, 0) is 32.1 Å². The fraction of sp³-hybridized carbons (Fsp3) is 0.744. The molecule has 2 amide bonds. The first-order valence-electron chi connectivity index (χ1n) is 22.3. The van der Waals surface area contributed by atoms with Gasteiger partial charge in [-0.15, -0.1) is 0 Å². The molecule has 3 heterocycles. The molecule has 10 N–H and O–H groups in total.